The number of aryl methyl sites for hydroxylation is 1. The van der Waals surface area contributed by atoms with Crippen LogP contribution in [0.2, 0.25) is 0 Å². The molecule has 0 saturated carbocycles. The lowest BCUT2D eigenvalue weighted by Gasteiger charge is -2.27. The molecule has 0 amide bonds. The Hall–Kier alpha value is -1.16. The van der Waals surface area contributed by atoms with Crippen molar-refractivity contribution in [2.75, 3.05) is 6.61 Å². The number of aldehydes is 1. The van der Waals surface area contributed by atoms with Crippen LogP contribution in [0, 0.1) is 5.92 Å². The van der Waals surface area contributed by atoms with Gasteiger partial charge >= 0.3 is 0 Å². The van der Waals surface area contributed by atoms with E-state index in [0.29, 0.717) is 0 Å². The third-order valence-corrected chi connectivity index (χ3v) is 2.85. The average molecular weight is 208 g/mol. The van der Waals surface area contributed by atoms with Crippen molar-refractivity contribution >= 4 is 6.29 Å². The van der Waals surface area contributed by atoms with Crippen molar-refractivity contribution in [1.82, 2.24) is 9.78 Å². The highest BCUT2D eigenvalue weighted by Crippen LogP contribution is 2.31. The van der Waals surface area contributed by atoms with E-state index in [0.717, 1.165) is 37.8 Å². The average Bonchev–Trinajstić information content (AvgIpc) is 2.77. The van der Waals surface area contributed by atoms with Crippen LogP contribution in [-0.4, -0.2) is 22.7 Å². The van der Waals surface area contributed by atoms with Crippen molar-refractivity contribution in [3.63, 3.8) is 0 Å². The Balaban J connectivity index is 2.16. The molecule has 0 bridgehead atoms. The van der Waals surface area contributed by atoms with Crippen molar-refractivity contribution in [2.24, 2.45) is 5.92 Å². The van der Waals surface area contributed by atoms with Crippen LogP contribution >= 0.6 is 0 Å². The lowest BCUT2D eigenvalue weighted by atomic mass is 9.92. The molecule has 0 spiro atoms. The maximum atomic E-state index is 10.9. The van der Waals surface area contributed by atoms with E-state index in [2.05, 4.69) is 5.10 Å². The van der Waals surface area contributed by atoms with Gasteiger partial charge in [-0.15, -0.1) is 0 Å². The zero-order chi connectivity index (χ0) is 10.7. The molecule has 0 aliphatic carbocycles. The van der Waals surface area contributed by atoms with Crippen molar-refractivity contribution in [3.05, 3.63) is 18.0 Å². The van der Waals surface area contributed by atoms with Gasteiger partial charge in [0.25, 0.3) is 0 Å². The van der Waals surface area contributed by atoms with E-state index >= 15 is 0 Å². The second-order valence-corrected chi connectivity index (χ2v) is 3.86. The summed E-state index contributed by atoms with van der Waals surface area (Å²) >= 11 is 0. The van der Waals surface area contributed by atoms with Gasteiger partial charge in [-0.2, -0.15) is 5.10 Å². The number of ether oxygens (including phenoxy) is 1. The fourth-order valence-corrected chi connectivity index (χ4v) is 1.99. The molecular weight excluding hydrogens is 192 g/mol. The topological polar surface area (TPSA) is 44.1 Å². The molecule has 4 heteroatoms. The Morgan fingerprint density at radius 2 is 2.60 bits per heavy atom. The van der Waals surface area contributed by atoms with Gasteiger partial charge in [0, 0.05) is 30.8 Å². The van der Waals surface area contributed by atoms with Gasteiger partial charge in [-0.05, 0) is 19.8 Å². The summed E-state index contributed by atoms with van der Waals surface area (Å²) in [5.41, 5.74) is 1.02. The van der Waals surface area contributed by atoms with E-state index in [9.17, 15) is 4.79 Å². The summed E-state index contributed by atoms with van der Waals surface area (Å²) in [7, 11) is 0. The summed E-state index contributed by atoms with van der Waals surface area (Å²) in [6, 6.07) is 0. The van der Waals surface area contributed by atoms with Crippen LogP contribution in [0.5, 0.6) is 0 Å². The minimum atomic E-state index is -0.0865. The highest BCUT2D eigenvalue weighted by molar-refractivity contribution is 5.55. The van der Waals surface area contributed by atoms with E-state index in [-0.39, 0.29) is 12.0 Å². The fourth-order valence-electron chi connectivity index (χ4n) is 1.99. The maximum absolute atomic E-state index is 10.9. The summed E-state index contributed by atoms with van der Waals surface area (Å²) in [5.74, 6) is -0.00624. The lowest BCUT2D eigenvalue weighted by molar-refractivity contribution is -0.120. The minimum Gasteiger partial charge on any atom is -0.373 e. The molecule has 4 nitrogen and oxygen atoms in total. The molecule has 0 N–H and O–H groups in total. The SMILES string of the molecule is CCn1cc(C2OCCCC2C=O)cn1. The number of nitrogens with zero attached hydrogens (tertiary/aromatic N) is 2. The van der Waals surface area contributed by atoms with Crippen LogP contribution in [0.3, 0.4) is 0 Å². The smallest absolute Gasteiger partial charge is 0.126 e. The molecule has 2 rings (SSSR count). The van der Waals surface area contributed by atoms with Crippen LogP contribution in [0.4, 0.5) is 0 Å². The van der Waals surface area contributed by atoms with Gasteiger partial charge in [0.05, 0.1) is 12.3 Å². The van der Waals surface area contributed by atoms with Gasteiger partial charge < -0.3 is 9.53 Å². The van der Waals surface area contributed by atoms with Gasteiger partial charge in [-0.25, -0.2) is 0 Å². The molecule has 2 unspecified atom stereocenters. The Kier molecular flexibility index (Phi) is 3.16. The monoisotopic (exact) mass is 208 g/mol. The van der Waals surface area contributed by atoms with Crippen molar-refractivity contribution in [1.29, 1.82) is 0 Å². The van der Waals surface area contributed by atoms with Crippen LogP contribution < -0.4 is 0 Å². The molecule has 0 radical (unpaired) electrons. The predicted octanol–water partition coefficient (Wildman–Crippen LogP) is 1.57. The molecule has 1 aliphatic heterocycles. The molecule has 1 aromatic heterocycles. The largest absolute Gasteiger partial charge is 0.373 e. The fraction of sp³-hybridized carbons (Fsp3) is 0.636. The van der Waals surface area contributed by atoms with Crippen LogP contribution in [0.25, 0.3) is 0 Å². The number of carbonyl (C=O) groups excluding carboxylic acids is 1. The quantitative estimate of drug-likeness (QED) is 0.708. The van der Waals surface area contributed by atoms with Crippen molar-refractivity contribution in [2.45, 2.75) is 32.4 Å². The zero-order valence-corrected chi connectivity index (χ0v) is 8.93. The first-order chi connectivity index (χ1) is 7.35. The maximum Gasteiger partial charge on any atom is 0.126 e. The van der Waals surface area contributed by atoms with E-state index in [1.807, 2.05) is 17.8 Å². The highest BCUT2D eigenvalue weighted by atomic mass is 16.5. The molecule has 1 aliphatic rings. The van der Waals surface area contributed by atoms with Gasteiger partial charge in [-0.3, -0.25) is 4.68 Å². The Labute approximate surface area is 89.2 Å². The normalized spacial score (nSPS) is 26.5. The molecule has 1 saturated heterocycles. The number of aromatic nitrogens is 2. The standard InChI is InChI=1S/C11H16N2O2/c1-2-13-7-10(6-12-13)11-9(8-14)4-3-5-15-11/h6-9,11H,2-5H2,1H3. The van der Waals surface area contributed by atoms with E-state index in [1.54, 1.807) is 6.20 Å². The second-order valence-electron chi connectivity index (χ2n) is 3.86. The van der Waals surface area contributed by atoms with Crippen molar-refractivity contribution in [3.8, 4) is 0 Å². The lowest BCUT2D eigenvalue weighted by Crippen LogP contribution is -2.23. The van der Waals surface area contributed by atoms with Crippen molar-refractivity contribution < 1.29 is 9.53 Å². The summed E-state index contributed by atoms with van der Waals surface area (Å²) < 4.78 is 7.50. The van der Waals surface area contributed by atoms with Crippen LogP contribution in [0.15, 0.2) is 12.4 Å². The Morgan fingerprint density at radius 3 is 3.27 bits per heavy atom. The third-order valence-electron chi connectivity index (χ3n) is 2.85. The Bertz CT molecular complexity index is 335. The highest BCUT2D eigenvalue weighted by Gasteiger charge is 2.27. The molecule has 0 aromatic carbocycles. The summed E-state index contributed by atoms with van der Waals surface area (Å²) in [6.45, 7) is 3.63. The first-order valence-electron chi connectivity index (χ1n) is 5.44. The zero-order valence-electron chi connectivity index (χ0n) is 8.93. The molecule has 82 valence electrons. The van der Waals surface area contributed by atoms with Gasteiger partial charge in [0.2, 0.25) is 0 Å². The predicted molar refractivity (Wildman–Crippen MR) is 55.4 cm³/mol. The van der Waals surface area contributed by atoms with E-state index < -0.39 is 0 Å². The Morgan fingerprint density at radius 1 is 1.73 bits per heavy atom. The second kappa shape index (κ2) is 4.57. The number of carbonyl (C=O) groups is 1. The van der Waals surface area contributed by atoms with Gasteiger partial charge in [0.15, 0.2) is 0 Å². The summed E-state index contributed by atoms with van der Waals surface area (Å²) in [4.78, 5) is 10.9. The van der Waals surface area contributed by atoms with E-state index in [4.69, 9.17) is 4.74 Å². The molecule has 2 atom stereocenters. The first-order valence-corrected chi connectivity index (χ1v) is 5.44. The molecule has 1 fully saturated rings. The molecule has 1 aromatic rings. The third kappa shape index (κ3) is 2.09. The minimum absolute atomic E-state index is 0.00624. The number of rotatable bonds is 3. The van der Waals surface area contributed by atoms with Gasteiger partial charge in [-0.1, -0.05) is 0 Å². The summed E-state index contributed by atoms with van der Waals surface area (Å²) in [5, 5.41) is 4.20. The number of hydrogen-bond acceptors (Lipinski definition) is 3. The molecular formula is C11H16N2O2. The first kappa shape index (κ1) is 10.4. The summed E-state index contributed by atoms with van der Waals surface area (Å²) in [6.07, 6.45) is 6.58. The van der Waals surface area contributed by atoms with Crippen LogP contribution in [0.1, 0.15) is 31.4 Å². The van der Waals surface area contributed by atoms with E-state index in [1.165, 1.54) is 0 Å². The number of hydrogen-bond donors (Lipinski definition) is 0. The molecule has 15 heavy (non-hydrogen) atoms. The van der Waals surface area contributed by atoms with Gasteiger partial charge in [0.1, 0.15) is 6.29 Å². The van der Waals surface area contributed by atoms with Crippen LogP contribution in [-0.2, 0) is 16.1 Å². The molecule has 2 heterocycles.